The SMILES string of the molecule is Cc1ccc(Nc2ccc(N)cc2N)c(C)c1. The Morgan fingerprint density at radius 3 is 2.24 bits per heavy atom. The molecule has 0 heterocycles. The molecule has 0 aromatic heterocycles. The van der Waals surface area contributed by atoms with Crippen molar-refractivity contribution in [1.29, 1.82) is 0 Å². The molecule has 0 spiro atoms. The third-order valence-corrected chi connectivity index (χ3v) is 2.73. The van der Waals surface area contributed by atoms with Gasteiger partial charge >= 0.3 is 0 Å². The first kappa shape index (κ1) is 11.3. The molecule has 0 amide bonds. The first-order valence-corrected chi connectivity index (χ1v) is 5.55. The summed E-state index contributed by atoms with van der Waals surface area (Å²) in [6.07, 6.45) is 0. The fourth-order valence-electron chi connectivity index (χ4n) is 1.79. The molecule has 0 aliphatic heterocycles. The molecule has 0 saturated carbocycles. The largest absolute Gasteiger partial charge is 0.399 e. The van der Waals surface area contributed by atoms with Crippen LogP contribution >= 0.6 is 0 Å². The van der Waals surface area contributed by atoms with E-state index in [1.807, 2.05) is 12.1 Å². The van der Waals surface area contributed by atoms with Gasteiger partial charge in [-0.25, -0.2) is 0 Å². The Labute approximate surface area is 101 Å². The molecule has 88 valence electrons. The van der Waals surface area contributed by atoms with E-state index in [4.69, 9.17) is 11.5 Å². The fraction of sp³-hybridized carbons (Fsp3) is 0.143. The van der Waals surface area contributed by atoms with Crippen molar-refractivity contribution in [2.45, 2.75) is 13.8 Å². The molecule has 0 bridgehead atoms. The molecule has 0 radical (unpaired) electrons. The van der Waals surface area contributed by atoms with Crippen LogP contribution in [0.3, 0.4) is 0 Å². The molecule has 5 N–H and O–H groups in total. The summed E-state index contributed by atoms with van der Waals surface area (Å²) in [7, 11) is 0. The van der Waals surface area contributed by atoms with Crippen molar-refractivity contribution in [3.8, 4) is 0 Å². The molecule has 2 rings (SSSR count). The summed E-state index contributed by atoms with van der Waals surface area (Å²) >= 11 is 0. The maximum Gasteiger partial charge on any atom is 0.0619 e. The van der Waals surface area contributed by atoms with E-state index in [0.29, 0.717) is 11.4 Å². The van der Waals surface area contributed by atoms with E-state index in [-0.39, 0.29) is 0 Å². The molecule has 0 unspecified atom stereocenters. The lowest BCUT2D eigenvalue weighted by atomic mass is 10.1. The van der Waals surface area contributed by atoms with Crippen LogP contribution in [0.5, 0.6) is 0 Å². The van der Waals surface area contributed by atoms with Crippen LogP contribution in [0.1, 0.15) is 11.1 Å². The highest BCUT2D eigenvalue weighted by molar-refractivity contribution is 5.76. The van der Waals surface area contributed by atoms with Crippen molar-refractivity contribution in [2.75, 3.05) is 16.8 Å². The first-order chi connectivity index (χ1) is 8.06. The highest BCUT2D eigenvalue weighted by Gasteiger charge is 2.02. The summed E-state index contributed by atoms with van der Waals surface area (Å²) in [6, 6.07) is 11.7. The maximum atomic E-state index is 5.91. The van der Waals surface area contributed by atoms with E-state index in [2.05, 4.69) is 37.4 Å². The lowest BCUT2D eigenvalue weighted by Gasteiger charge is -2.12. The van der Waals surface area contributed by atoms with Gasteiger partial charge in [-0.15, -0.1) is 0 Å². The number of nitrogens with one attached hydrogen (secondary N) is 1. The highest BCUT2D eigenvalue weighted by atomic mass is 14.9. The number of benzene rings is 2. The normalized spacial score (nSPS) is 10.2. The molecule has 2 aromatic carbocycles. The highest BCUT2D eigenvalue weighted by Crippen LogP contribution is 2.27. The van der Waals surface area contributed by atoms with Crippen molar-refractivity contribution >= 4 is 22.7 Å². The van der Waals surface area contributed by atoms with E-state index in [9.17, 15) is 0 Å². The maximum absolute atomic E-state index is 5.91. The molecule has 0 atom stereocenters. The van der Waals surface area contributed by atoms with E-state index >= 15 is 0 Å². The van der Waals surface area contributed by atoms with Crippen molar-refractivity contribution < 1.29 is 0 Å². The van der Waals surface area contributed by atoms with Gasteiger partial charge in [0.25, 0.3) is 0 Å². The molecule has 3 heteroatoms. The number of hydrogen-bond acceptors (Lipinski definition) is 3. The van der Waals surface area contributed by atoms with Crippen LogP contribution in [-0.2, 0) is 0 Å². The van der Waals surface area contributed by atoms with Crippen LogP contribution in [0.2, 0.25) is 0 Å². The lowest BCUT2D eigenvalue weighted by Crippen LogP contribution is -1.99. The smallest absolute Gasteiger partial charge is 0.0619 e. The second-order valence-corrected chi connectivity index (χ2v) is 4.29. The standard InChI is InChI=1S/C14H17N3/c1-9-3-5-13(10(2)7-9)17-14-6-4-11(15)8-12(14)16/h3-8,17H,15-16H2,1-2H3. The second-order valence-electron chi connectivity index (χ2n) is 4.29. The number of rotatable bonds is 2. The average Bonchev–Trinajstić information content (AvgIpc) is 2.25. The van der Waals surface area contributed by atoms with Gasteiger partial charge in [0.05, 0.1) is 11.4 Å². The fourth-order valence-corrected chi connectivity index (χ4v) is 1.79. The average molecular weight is 227 g/mol. The minimum Gasteiger partial charge on any atom is -0.399 e. The summed E-state index contributed by atoms with van der Waals surface area (Å²) in [5.74, 6) is 0. The van der Waals surface area contributed by atoms with E-state index < -0.39 is 0 Å². The molecule has 0 aliphatic rings. The Morgan fingerprint density at radius 2 is 1.59 bits per heavy atom. The monoisotopic (exact) mass is 227 g/mol. The van der Waals surface area contributed by atoms with E-state index in [1.54, 1.807) is 6.07 Å². The van der Waals surface area contributed by atoms with Crippen LogP contribution in [0.15, 0.2) is 36.4 Å². The van der Waals surface area contributed by atoms with Gasteiger partial charge in [0.1, 0.15) is 0 Å². The minimum absolute atomic E-state index is 0.657. The number of hydrogen-bond donors (Lipinski definition) is 3. The zero-order valence-electron chi connectivity index (χ0n) is 10.1. The Morgan fingerprint density at radius 1 is 0.882 bits per heavy atom. The third kappa shape index (κ3) is 2.50. The Bertz CT molecular complexity index is 498. The summed E-state index contributed by atoms with van der Waals surface area (Å²) < 4.78 is 0. The zero-order chi connectivity index (χ0) is 12.4. The van der Waals surface area contributed by atoms with Crippen molar-refractivity contribution in [3.05, 3.63) is 47.5 Å². The van der Waals surface area contributed by atoms with Crippen LogP contribution < -0.4 is 16.8 Å². The third-order valence-electron chi connectivity index (χ3n) is 2.73. The van der Waals surface area contributed by atoms with Crippen molar-refractivity contribution in [2.24, 2.45) is 0 Å². The van der Waals surface area contributed by atoms with Crippen molar-refractivity contribution in [3.63, 3.8) is 0 Å². The van der Waals surface area contributed by atoms with Gasteiger partial charge in [-0.05, 0) is 43.7 Å². The Hall–Kier alpha value is -2.16. The van der Waals surface area contributed by atoms with Gasteiger partial charge in [-0.1, -0.05) is 17.7 Å². The number of nitrogens with two attached hydrogens (primary N) is 2. The van der Waals surface area contributed by atoms with Gasteiger partial charge in [-0.2, -0.15) is 0 Å². The topological polar surface area (TPSA) is 64.1 Å². The molecular weight excluding hydrogens is 210 g/mol. The van der Waals surface area contributed by atoms with Crippen molar-refractivity contribution in [1.82, 2.24) is 0 Å². The molecule has 17 heavy (non-hydrogen) atoms. The summed E-state index contributed by atoms with van der Waals surface area (Å²) in [5.41, 5.74) is 17.3. The quantitative estimate of drug-likeness (QED) is 0.690. The number of anilines is 4. The molecule has 2 aromatic rings. The van der Waals surface area contributed by atoms with Gasteiger partial charge in [0, 0.05) is 11.4 Å². The molecular formula is C14H17N3. The van der Waals surface area contributed by atoms with E-state index in [1.165, 1.54) is 11.1 Å². The Balaban J connectivity index is 2.31. The predicted molar refractivity (Wildman–Crippen MR) is 74.5 cm³/mol. The Kier molecular flexibility index (Phi) is 2.91. The van der Waals surface area contributed by atoms with Crippen LogP contribution in [0, 0.1) is 13.8 Å². The van der Waals surface area contributed by atoms with Gasteiger partial charge in [-0.3, -0.25) is 0 Å². The predicted octanol–water partition coefficient (Wildman–Crippen LogP) is 3.21. The zero-order valence-corrected chi connectivity index (χ0v) is 10.1. The lowest BCUT2D eigenvalue weighted by molar-refractivity contribution is 1.37. The summed E-state index contributed by atoms with van der Waals surface area (Å²) in [5, 5.41) is 3.31. The molecule has 3 nitrogen and oxygen atoms in total. The molecule has 0 saturated heterocycles. The van der Waals surface area contributed by atoms with Crippen LogP contribution in [0.4, 0.5) is 22.7 Å². The van der Waals surface area contributed by atoms with Gasteiger partial charge in [0.15, 0.2) is 0 Å². The first-order valence-electron chi connectivity index (χ1n) is 5.55. The number of aryl methyl sites for hydroxylation is 2. The summed E-state index contributed by atoms with van der Waals surface area (Å²) in [4.78, 5) is 0. The molecule has 0 fully saturated rings. The molecule has 0 aliphatic carbocycles. The van der Waals surface area contributed by atoms with Crippen LogP contribution in [-0.4, -0.2) is 0 Å². The van der Waals surface area contributed by atoms with E-state index in [0.717, 1.165) is 11.4 Å². The van der Waals surface area contributed by atoms with Gasteiger partial charge in [0.2, 0.25) is 0 Å². The second kappa shape index (κ2) is 4.37. The summed E-state index contributed by atoms with van der Waals surface area (Å²) in [6.45, 7) is 4.15. The van der Waals surface area contributed by atoms with Crippen LogP contribution in [0.25, 0.3) is 0 Å². The number of nitrogen functional groups attached to an aromatic ring is 2. The van der Waals surface area contributed by atoms with Gasteiger partial charge < -0.3 is 16.8 Å². The minimum atomic E-state index is 0.657.